The van der Waals surface area contributed by atoms with Crippen molar-refractivity contribution in [1.29, 1.82) is 0 Å². The van der Waals surface area contributed by atoms with Gasteiger partial charge in [0.2, 0.25) is 5.88 Å². The van der Waals surface area contributed by atoms with Crippen LogP contribution in [0.2, 0.25) is 0 Å². The van der Waals surface area contributed by atoms with Crippen molar-refractivity contribution in [3.05, 3.63) is 29.7 Å². The number of aryl methyl sites for hydroxylation is 3. The normalized spacial score (nSPS) is 10.6. The van der Waals surface area contributed by atoms with Crippen molar-refractivity contribution in [3.8, 4) is 5.88 Å². The first-order valence-electron chi connectivity index (χ1n) is 5.69. The number of ether oxygens (including phenoxy) is 1. The van der Waals surface area contributed by atoms with Crippen molar-refractivity contribution >= 4 is 5.78 Å². The quantitative estimate of drug-likeness (QED) is 0.740. The molecule has 0 N–H and O–H groups in total. The van der Waals surface area contributed by atoms with Crippen LogP contribution in [-0.2, 0) is 20.5 Å². The van der Waals surface area contributed by atoms with Crippen LogP contribution in [0.4, 0.5) is 0 Å². The molecule has 0 bridgehead atoms. The minimum Gasteiger partial charge on any atom is -0.481 e. The first kappa shape index (κ1) is 12.3. The van der Waals surface area contributed by atoms with Crippen LogP contribution in [0.5, 0.6) is 5.88 Å². The summed E-state index contributed by atoms with van der Waals surface area (Å²) in [6.07, 6.45) is 4.77. The van der Waals surface area contributed by atoms with E-state index in [0.717, 1.165) is 5.56 Å². The van der Waals surface area contributed by atoms with Gasteiger partial charge in [-0.25, -0.2) is 4.68 Å². The number of rotatable bonds is 5. The third-order valence-corrected chi connectivity index (χ3v) is 2.73. The van der Waals surface area contributed by atoms with E-state index in [9.17, 15) is 4.79 Å². The van der Waals surface area contributed by atoms with E-state index in [4.69, 9.17) is 4.74 Å². The number of hydrogen-bond donors (Lipinski definition) is 0. The first-order chi connectivity index (χ1) is 8.60. The number of nitrogens with zero attached hydrogens (tertiary/aromatic N) is 4. The van der Waals surface area contributed by atoms with Crippen LogP contribution in [0.15, 0.2) is 18.5 Å². The lowest BCUT2D eigenvalue weighted by molar-refractivity contribution is 0.0977. The molecule has 2 aromatic heterocycles. The van der Waals surface area contributed by atoms with Crippen molar-refractivity contribution in [2.24, 2.45) is 14.1 Å². The van der Waals surface area contributed by atoms with E-state index in [1.807, 2.05) is 13.2 Å². The largest absolute Gasteiger partial charge is 0.481 e. The Labute approximate surface area is 105 Å². The molecule has 0 saturated heterocycles. The molecule has 18 heavy (non-hydrogen) atoms. The molecular formula is C12H16N4O2. The number of carbonyl (C=O) groups is 1. The van der Waals surface area contributed by atoms with E-state index in [1.165, 1.54) is 0 Å². The lowest BCUT2D eigenvalue weighted by Crippen LogP contribution is -2.03. The summed E-state index contributed by atoms with van der Waals surface area (Å²) in [5.74, 6) is 0.595. The van der Waals surface area contributed by atoms with Gasteiger partial charge in [-0.05, 0) is 12.0 Å². The van der Waals surface area contributed by atoms with E-state index in [-0.39, 0.29) is 5.78 Å². The topological polar surface area (TPSA) is 61.9 Å². The van der Waals surface area contributed by atoms with E-state index >= 15 is 0 Å². The number of ketones is 1. The van der Waals surface area contributed by atoms with Gasteiger partial charge in [0, 0.05) is 32.8 Å². The molecule has 2 rings (SSSR count). The highest BCUT2D eigenvalue weighted by atomic mass is 16.5. The molecule has 0 atom stereocenters. The van der Waals surface area contributed by atoms with Gasteiger partial charge in [0.25, 0.3) is 0 Å². The highest BCUT2D eigenvalue weighted by molar-refractivity contribution is 5.94. The summed E-state index contributed by atoms with van der Waals surface area (Å²) in [5.41, 5.74) is 1.49. The maximum absolute atomic E-state index is 11.9. The monoisotopic (exact) mass is 248 g/mol. The summed E-state index contributed by atoms with van der Waals surface area (Å²) in [7, 11) is 5.16. The first-order valence-corrected chi connectivity index (χ1v) is 5.69. The number of hydrogen-bond acceptors (Lipinski definition) is 4. The molecule has 0 aromatic carbocycles. The number of carbonyl (C=O) groups excluding carboxylic acids is 1. The lowest BCUT2D eigenvalue weighted by Gasteiger charge is -1.95. The number of Topliss-reactive ketones (excluding diaryl/α,β-unsaturated/α-hetero) is 1. The molecule has 6 heteroatoms. The minimum absolute atomic E-state index is 0.0118. The Hall–Kier alpha value is -2.11. The maximum Gasteiger partial charge on any atom is 0.211 e. The van der Waals surface area contributed by atoms with Crippen LogP contribution >= 0.6 is 0 Å². The molecule has 0 aliphatic carbocycles. The molecule has 2 aromatic rings. The van der Waals surface area contributed by atoms with Crippen molar-refractivity contribution < 1.29 is 9.53 Å². The second-order valence-corrected chi connectivity index (χ2v) is 4.14. The Morgan fingerprint density at radius 1 is 1.44 bits per heavy atom. The molecule has 96 valence electrons. The van der Waals surface area contributed by atoms with Gasteiger partial charge in [-0.3, -0.25) is 9.48 Å². The summed E-state index contributed by atoms with van der Waals surface area (Å²) in [4.78, 5) is 11.9. The van der Waals surface area contributed by atoms with E-state index < -0.39 is 0 Å². The highest BCUT2D eigenvalue weighted by Gasteiger charge is 2.13. The second kappa shape index (κ2) is 5.03. The van der Waals surface area contributed by atoms with Crippen molar-refractivity contribution in [2.75, 3.05) is 7.11 Å². The third-order valence-electron chi connectivity index (χ3n) is 2.73. The van der Waals surface area contributed by atoms with Gasteiger partial charge < -0.3 is 4.74 Å². The van der Waals surface area contributed by atoms with E-state index in [1.54, 1.807) is 35.8 Å². The second-order valence-electron chi connectivity index (χ2n) is 4.14. The molecule has 0 radical (unpaired) electrons. The van der Waals surface area contributed by atoms with Crippen LogP contribution in [0.3, 0.4) is 0 Å². The molecule has 0 unspecified atom stereocenters. The van der Waals surface area contributed by atoms with Crippen LogP contribution in [0.1, 0.15) is 22.5 Å². The van der Waals surface area contributed by atoms with Gasteiger partial charge in [-0.1, -0.05) is 0 Å². The Kier molecular flexibility index (Phi) is 3.45. The molecular weight excluding hydrogens is 232 g/mol. The van der Waals surface area contributed by atoms with Crippen LogP contribution in [-0.4, -0.2) is 32.5 Å². The molecule has 0 saturated carbocycles. The molecule has 6 nitrogen and oxygen atoms in total. The molecule has 0 aliphatic heterocycles. The molecule has 0 spiro atoms. The zero-order valence-corrected chi connectivity index (χ0v) is 10.8. The van der Waals surface area contributed by atoms with E-state index in [2.05, 4.69) is 10.2 Å². The summed E-state index contributed by atoms with van der Waals surface area (Å²) < 4.78 is 8.36. The Bertz CT molecular complexity index is 556. The van der Waals surface area contributed by atoms with Crippen LogP contribution in [0.25, 0.3) is 0 Å². The van der Waals surface area contributed by atoms with Gasteiger partial charge in [-0.15, -0.1) is 0 Å². The average molecular weight is 248 g/mol. The van der Waals surface area contributed by atoms with E-state index in [0.29, 0.717) is 24.4 Å². The minimum atomic E-state index is 0.0118. The van der Waals surface area contributed by atoms with Crippen molar-refractivity contribution in [3.63, 3.8) is 0 Å². The Morgan fingerprint density at radius 3 is 2.78 bits per heavy atom. The molecule has 0 aliphatic rings. The van der Waals surface area contributed by atoms with Crippen LogP contribution in [0, 0.1) is 0 Å². The number of aromatic nitrogens is 4. The molecule has 2 heterocycles. The Balaban J connectivity index is 1.99. The number of methoxy groups -OCH3 is 1. The summed E-state index contributed by atoms with van der Waals surface area (Å²) >= 11 is 0. The predicted molar refractivity (Wildman–Crippen MR) is 65.6 cm³/mol. The van der Waals surface area contributed by atoms with Crippen molar-refractivity contribution in [1.82, 2.24) is 19.6 Å². The van der Waals surface area contributed by atoms with Gasteiger partial charge in [-0.2, -0.15) is 10.2 Å². The Morgan fingerprint density at radius 2 is 2.22 bits per heavy atom. The summed E-state index contributed by atoms with van der Waals surface area (Å²) in [5, 5.41) is 8.18. The van der Waals surface area contributed by atoms with Gasteiger partial charge in [0.05, 0.1) is 13.3 Å². The van der Waals surface area contributed by atoms with Crippen molar-refractivity contribution in [2.45, 2.75) is 12.8 Å². The van der Waals surface area contributed by atoms with Gasteiger partial charge in [0.15, 0.2) is 5.78 Å². The smallest absolute Gasteiger partial charge is 0.211 e. The fourth-order valence-corrected chi connectivity index (χ4v) is 1.76. The molecule has 0 amide bonds. The SMILES string of the molecule is COc1cc(C(=O)CCc2cnn(C)c2)nn1C. The predicted octanol–water partition coefficient (Wildman–Crippen LogP) is 0.978. The fraction of sp³-hybridized carbons (Fsp3) is 0.417. The fourth-order valence-electron chi connectivity index (χ4n) is 1.76. The highest BCUT2D eigenvalue weighted by Crippen LogP contribution is 2.13. The van der Waals surface area contributed by atoms with Gasteiger partial charge >= 0.3 is 0 Å². The van der Waals surface area contributed by atoms with Crippen LogP contribution < -0.4 is 4.74 Å². The van der Waals surface area contributed by atoms with Gasteiger partial charge in [0.1, 0.15) is 5.69 Å². The molecule has 0 fully saturated rings. The zero-order valence-electron chi connectivity index (χ0n) is 10.8. The standard InChI is InChI=1S/C12H16N4O2/c1-15-8-9(7-13-15)4-5-11(17)10-6-12(18-3)16(2)14-10/h6-8H,4-5H2,1-3H3. The lowest BCUT2D eigenvalue weighted by atomic mass is 10.1. The summed E-state index contributed by atoms with van der Waals surface area (Å²) in [6.45, 7) is 0. The third kappa shape index (κ3) is 2.58. The summed E-state index contributed by atoms with van der Waals surface area (Å²) in [6, 6.07) is 1.66. The maximum atomic E-state index is 11.9. The average Bonchev–Trinajstić information content (AvgIpc) is 2.92. The zero-order chi connectivity index (χ0) is 13.1.